The van der Waals surface area contributed by atoms with Crippen molar-refractivity contribution in [3.63, 3.8) is 0 Å². The number of furan rings is 1. The van der Waals surface area contributed by atoms with E-state index in [1.807, 2.05) is 4.90 Å². The second kappa shape index (κ2) is 8.82. The Labute approximate surface area is 146 Å². The number of nitrogens with one attached hydrogen (secondary N) is 1. The number of ether oxygens (including phenoxy) is 2. The zero-order chi connectivity index (χ0) is 17.5. The smallest absolute Gasteiger partial charge is 0.244 e. The lowest BCUT2D eigenvalue weighted by Crippen LogP contribution is -2.42. The monoisotopic (exact) mass is 348 g/mol. The molecule has 7 heteroatoms. The Morgan fingerprint density at radius 1 is 1.24 bits per heavy atom. The number of rotatable bonds is 6. The Morgan fingerprint density at radius 3 is 2.68 bits per heavy atom. The number of nitrogens with zero attached hydrogens (tertiary/aromatic N) is 1. The van der Waals surface area contributed by atoms with Gasteiger partial charge in [-0.15, -0.1) is 0 Å². The van der Waals surface area contributed by atoms with Gasteiger partial charge < -0.3 is 24.1 Å². The van der Waals surface area contributed by atoms with Crippen molar-refractivity contribution in [1.82, 2.24) is 10.2 Å². The fraction of sp³-hybridized carbons (Fsp3) is 0.556. The summed E-state index contributed by atoms with van der Waals surface area (Å²) in [6, 6.07) is 3.52. The van der Waals surface area contributed by atoms with Crippen molar-refractivity contribution in [3.05, 3.63) is 30.2 Å². The van der Waals surface area contributed by atoms with Crippen LogP contribution in [0.4, 0.5) is 0 Å². The highest BCUT2D eigenvalue weighted by Gasteiger charge is 2.31. The van der Waals surface area contributed by atoms with Gasteiger partial charge in [-0.3, -0.25) is 9.59 Å². The van der Waals surface area contributed by atoms with Crippen LogP contribution in [-0.4, -0.2) is 55.9 Å². The number of carbonyl (C=O) groups is 2. The molecule has 2 saturated heterocycles. The number of hydrogen-bond acceptors (Lipinski definition) is 5. The van der Waals surface area contributed by atoms with E-state index in [4.69, 9.17) is 13.9 Å². The van der Waals surface area contributed by atoms with E-state index in [0.29, 0.717) is 37.9 Å². The molecule has 2 amide bonds. The Kier molecular flexibility index (Phi) is 6.25. The third-order valence-electron chi connectivity index (χ3n) is 4.51. The van der Waals surface area contributed by atoms with Gasteiger partial charge in [0.25, 0.3) is 0 Å². The Hall–Kier alpha value is -2.12. The summed E-state index contributed by atoms with van der Waals surface area (Å²) in [5.41, 5.74) is 0. The van der Waals surface area contributed by atoms with Crippen LogP contribution in [0.2, 0.25) is 0 Å². The van der Waals surface area contributed by atoms with Crippen molar-refractivity contribution in [2.75, 3.05) is 32.8 Å². The lowest BCUT2D eigenvalue weighted by atomic mass is 9.96. The van der Waals surface area contributed by atoms with Gasteiger partial charge in [-0.2, -0.15) is 0 Å². The molecule has 25 heavy (non-hydrogen) atoms. The molecule has 0 aliphatic carbocycles. The number of likely N-dealkylation sites (tertiary alicyclic amines) is 1. The molecule has 0 spiro atoms. The third-order valence-corrected chi connectivity index (χ3v) is 4.51. The molecule has 0 atom stereocenters. The van der Waals surface area contributed by atoms with Crippen LogP contribution in [0.25, 0.3) is 6.08 Å². The first-order valence-corrected chi connectivity index (χ1v) is 8.73. The van der Waals surface area contributed by atoms with Crippen molar-refractivity contribution < 1.29 is 23.5 Å². The average Bonchev–Trinajstić information content (AvgIpc) is 3.34. The van der Waals surface area contributed by atoms with Crippen molar-refractivity contribution in [2.45, 2.75) is 25.6 Å². The summed E-state index contributed by atoms with van der Waals surface area (Å²) in [5, 5.41) is 2.71. The molecule has 2 aliphatic rings. The maximum absolute atomic E-state index is 12.2. The Balaban J connectivity index is 1.32. The average molecular weight is 348 g/mol. The van der Waals surface area contributed by atoms with Gasteiger partial charge in [0.1, 0.15) is 5.76 Å². The number of hydrogen-bond donors (Lipinski definition) is 1. The highest BCUT2D eigenvalue weighted by Crippen LogP contribution is 2.25. The molecule has 0 saturated carbocycles. The lowest BCUT2D eigenvalue weighted by molar-refractivity contribution is -0.136. The maximum Gasteiger partial charge on any atom is 0.244 e. The van der Waals surface area contributed by atoms with Gasteiger partial charge >= 0.3 is 0 Å². The molecule has 7 nitrogen and oxygen atoms in total. The molecule has 3 heterocycles. The van der Waals surface area contributed by atoms with E-state index < -0.39 is 0 Å². The third kappa shape index (κ3) is 5.17. The Bertz CT molecular complexity index is 585. The van der Waals surface area contributed by atoms with E-state index in [1.165, 1.54) is 6.08 Å². The summed E-state index contributed by atoms with van der Waals surface area (Å²) in [7, 11) is 0. The summed E-state index contributed by atoms with van der Waals surface area (Å²) in [6.07, 6.45) is 6.54. The number of carbonyl (C=O) groups excluding carboxylic acids is 2. The van der Waals surface area contributed by atoms with Gasteiger partial charge in [-0.05, 0) is 31.1 Å². The first-order valence-electron chi connectivity index (χ1n) is 8.73. The predicted octanol–water partition coefficient (Wildman–Crippen LogP) is 1.41. The molecular formula is C18H24N2O5. The van der Waals surface area contributed by atoms with Crippen LogP contribution < -0.4 is 5.32 Å². The second-order valence-corrected chi connectivity index (χ2v) is 6.22. The second-order valence-electron chi connectivity index (χ2n) is 6.22. The SMILES string of the molecule is O=C(/C=C/c1ccco1)NCCC(=O)N1CCC(C2OCCO2)CC1. The van der Waals surface area contributed by atoms with Gasteiger partial charge in [-0.1, -0.05) is 0 Å². The van der Waals surface area contributed by atoms with Crippen LogP contribution in [0, 0.1) is 5.92 Å². The van der Waals surface area contributed by atoms with E-state index in [0.717, 1.165) is 25.9 Å². The quantitative estimate of drug-likeness (QED) is 0.786. The van der Waals surface area contributed by atoms with E-state index in [-0.39, 0.29) is 18.1 Å². The summed E-state index contributed by atoms with van der Waals surface area (Å²) in [6.45, 7) is 3.10. The molecule has 1 N–H and O–H groups in total. The fourth-order valence-electron chi connectivity index (χ4n) is 3.12. The van der Waals surface area contributed by atoms with Crippen molar-refractivity contribution >= 4 is 17.9 Å². The van der Waals surface area contributed by atoms with Gasteiger partial charge in [0.05, 0.1) is 19.5 Å². The molecule has 0 radical (unpaired) electrons. The van der Waals surface area contributed by atoms with Gasteiger partial charge in [-0.25, -0.2) is 0 Å². The largest absolute Gasteiger partial charge is 0.465 e. The van der Waals surface area contributed by atoms with Crippen molar-refractivity contribution in [1.29, 1.82) is 0 Å². The van der Waals surface area contributed by atoms with E-state index in [9.17, 15) is 9.59 Å². The maximum atomic E-state index is 12.2. The minimum atomic E-state index is -0.238. The molecule has 1 aromatic heterocycles. The molecule has 136 valence electrons. The summed E-state index contributed by atoms with van der Waals surface area (Å²) < 4.78 is 16.2. The molecule has 2 aliphatic heterocycles. The standard InChI is InChI=1S/C18H24N2O5/c21-16(4-3-15-2-1-11-23-15)19-8-5-17(22)20-9-6-14(7-10-20)18-24-12-13-25-18/h1-4,11,14,18H,5-10,12-13H2,(H,19,21)/b4-3+. The predicted molar refractivity (Wildman–Crippen MR) is 90.4 cm³/mol. The molecule has 0 bridgehead atoms. The minimum Gasteiger partial charge on any atom is -0.465 e. The normalized spacial score (nSPS) is 19.6. The number of amides is 2. The number of piperidine rings is 1. The first-order chi connectivity index (χ1) is 12.2. The molecule has 1 aromatic rings. The van der Waals surface area contributed by atoms with Gasteiger partial charge in [0.2, 0.25) is 11.8 Å². The minimum absolute atomic E-state index is 0.0713. The van der Waals surface area contributed by atoms with Crippen LogP contribution in [0.5, 0.6) is 0 Å². The van der Waals surface area contributed by atoms with Crippen LogP contribution in [0.1, 0.15) is 25.0 Å². The first kappa shape index (κ1) is 17.7. The molecular weight excluding hydrogens is 324 g/mol. The molecule has 2 fully saturated rings. The van der Waals surface area contributed by atoms with Crippen molar-refractivity contribution in [3.8, 4) is 0 Å². The van der Waals surface area contributed by atoms with E-state index >= 15 is 0 Å². The Morgan fingerprint density at radius 2 is 2.00 bits per heavy atom. The zero-order valence-corrected chi connectivity index (χ0v) is 14.2. The van der Waals surface area contributed by atoms with Gasteiger partial charge in [0.15, 0.2) is 6.29 Å². The van der Waals surface area contributed by atoms with Crippen LogP contribution in [0.3, 0.4) is 0 Å². The van der Waals surface area contributed by atoms with E-state index in [2.05, 4.69) is 5.32 Å². The van der Waals surface area contributed by atoms with Crippen LogP contribution in [-0.2, 0) is 19.1 Å². The molecule has 3 rings (SSSR count). The van der Waals surface area contributed by atoms with Crippen LogP contribution in [0.15, 0.2) is 28.9 Å². The lowest BCUT2D eigenvalue weighted by Gasteiger charge is -2.33. The fourth-order valence-corrected chi connectivity index (χ4v) is 3.12. The van der Waals surface area contributed by atoms with Gasteiger partial charge in [0, 0.05) is 38.0 Å². The summed E-state index contributed by atoms with van der Waals surface area (Å²) >= 11 is 0. The zero-order valence-electron chi connectivity index (χ0n) is 14.2. The summed E-state index contributed by atoms with van der Waals surface area (Å²) in [4.78, 5) is 25.8. The highest BCUT2D eigenvalue weighted by atomic mass is 16.7. The molecule has 0 unspecified atom stereocenters. The van der Waals surface area contributed by atoms with E-state index in [1.54, 1.807) is 24.5 Å². The van der Waals surface area contributed by atoms with Crippen LogP contribution >= 0.6 is 0 Å². The summed E-state index contributed by atoms with van der Waals surface area (Å²) in [5.74, 6) is 0.822. The highest BCUT2D eigenvalue weighted by molar-refractivity contribution is 5.91. The van der Waals surface area contributed by atoms with Crippen molar-refractivity contribution in [2.24, 2.45) is 5.92 Å². The molecule has 0 aromatic carbocycles. The topological polar surface area (TPSA) is 81.0 Å².